The molecule has 5 aromatic carbocycles. The first-order valence-electron chi connectivity index (χ1n) is 14.7. The van der Waals surface area contributed by atoms with Crippen LogP contribution in [-0.4, -0.2) is 11.6 Å². The monoisotopic (exact) mass is 706 g/mol. The normalized spacial score (nSPS) is 11.8. The smallest absolute Gasteiger partial charge is 0.194 e. The molecule has 0 N–H and O–H groups in total. The van der Waals surface area contributed by atoms with Gasteiger partial charge in [0.1, 0.15) is 0 Å². The van der Waals surface area contributed by atoms with Gasteiger partial charge in [0.15, 0.2) is 11.6 Å². The second kappa shape index (κ2) is 12.4. The first-order chi connectivity index (χ1) is 20.8. The first kappa shape index (κ1) is 31.8. The van der Waals surface area contributed by atoms with E-state index in [1.807, 2.05) is 109 Å². The number of benzene rings is 5. The van der Waals surface area contributed by atoms with Gasteiger partial charge in [-0.05, 0) is 80.6 Å². The summed E-state index contributed by atoms with van der Waals surface area (Å²) in [5.41, 5.74) is 7.31. The van der Waals surface area contributed by atoms with Gasteiger partial charge < -0.3 is 0 Å². The number of hydrogen-bond donors (Lipinski definition) is 0. The van der Waals surface area contributed by atoms with Crippen molar-refractivity contribution in [2.75, 3.05) is 0 Å². The van der Waals surface area contributed by atoms with Crippen LogP contribution in [0.4, 0.5) is 0 Å². The van der Waals surface area contributed by atoms with E-state index in [0.717, 1.165) is 42.3 Å². The summed E-state index contributed by atoms with van der Waals surface area (Å²) in [6, 6.07) is 35.6. The zero-order valence-electron chi connectivity index (χ0n) is 26.0. The lowest BCUT2D eigenvalue weighted by molar-refractivity contribution is 0.103. The Labute approximate surface area is 277 Å². The van der Waals surface area contributed by atoms with Crippen LogP contribution in [-0.2, 0) is 10.8 Å². The summed E-state index contributed by atoms with van der Waals surface area (Å²) >= 11 is 7.31. The Morgan fingerprint density at radius 2 is 0.818 bits per heavy atom. The van der Waals surface area contributed by atoms with Crippen molar-refractivity contribution < 1.29 is 9.59 Å². The van der Waals surface area contributed by atoms with Crippen LogP contribution >= 0.6 is 31.9 Å². The maximum atomic E-state index is 14.6. The van der Waals surface area contributed by atoms with E-state index in [-0.39, 0.29) is 22.4 Å². The van der Waals surface area contributed by atoms with Crippen LogP contribution in [0.3, 0.4) is 0 Å². The Hall–Kier alpha value is -3.60. The predicted octanol–water partition coefficient (Wildman–Crippen LogP) is 11.6. The Bertz CT molecular complexity index is 1720. The van der Waals surface area contributed by atoms with E-state index in [1.54, 1.807) is 0 Å². The molecule has 0 radical (unpaired) electrons. The van der Waals surface area contributed by atoms with Gasteiger partial charge in [0.25, 0.3) is 0 Å². The number of ketones is 2. The minimum Gasteiger partial charge on any atom is -0.289 e. The van der Waals surface area contributed by atoms with Crippen LogP contribution in [0.1, 0.15) is 84.5 Å². The fourth-order valence-corrected chi connectivity index (χ4v) is 6.16. The van der Waals surface area contributed by atoms with Gasteiger partial charge in [-0.2, -0.15) is 0 Å². The van der Waals surface area contributed by atoms with Gasteiger partial charge in [-0.3, -0.25) is 9.59 Å². The average Bonchev–Trinajstić information content (AvgIpc) is 3.00. The lowest BCUT2D eigenvalue weighted by Gasteiger charge is -2.22. The zero-order chi connectivity index (χ0) is 31.8. The molecule has 4 heteroatoms. The molecule has 44 heavy (non-hydrogen) atoms. The van der Waals surface area contributed by atoms with E-state index in [1.165, 1.54) is 0 Å². The lowest BCUT2D eigenvalue weighted by Crippen LogP contribution is -2.15. The highest BCUT2D eigenvalue weighted by molar-refractivity contribution is 9.10. The lowest BCUT2D eigenvalue weighted by atomic mass is 9.82. The molecule has 2 nitrogen and oxygen atoms in total. The van der Waals surface area contributed by atoms with Crippen molar-refractivity contribution in [2.24, 2.45) is 0 Å². The number of halogens is 2. The number of carbonyl (C=O) groups excluding carboxylic acids is 2. The molecule has 0 aromatic heterocycles. The Morgan fingerprint density at radius 3 is 1.16 bits per heavy atom. The molecule has 0 bridgehead atoms. The molecule has 0 aliphatic carbocycles. The highest BCUT2D eigenvalue weighted by Crippen LogP contribution is 2.38. The molecule has 0 fully saturated rings. The molecule has 0 unspecified atom stereocenters. The molecule has 0 spiro atoms. The van der Waals surface area contributed by atoms with E-state index in [9.17, 15) is 9.59 Å². The van der Waals surface area contributed by atoms with Crippen molar-refractivity contribution in [1.29, 1.82) is 0 Å². The molecule has 0 aliphatic heterocycles. The van der Waals surface area contributed by atoms with Gasteiger partial charge >= 0.3 is 0 Å². The van der Waals surface area contributed by atoms with Crippen molar-refractivity contribution in [2.45, 2.75) is 52.4 Å². The highest BCUT2D eigenvalue weighted by Gasteiger charge is 2.27. The minimum absolute atomic E-state index is 0.138. The maximum Gasteiger partial charge on any atom is 0.194 e. The summed E-state index contributed by atoms with van der Waals surface area (Å²) in [5, 5.41) is 0. The summed E-state index contributed by atoms with van der Waals surface area (Å²) in [6.45, 7) is 12.8. The van der Waals surface area contributed by atoms with E-state index < -0.39 is 0 Å². The summed E-state index contributed by atoms with van der Waals surface area (Å²) in [5.74, 6) is -0.281. The third-order valence-electron chi connectivity index (χ3n) is 7.97. The molecule has 0 saturated carbocycles. The zero-order valence-corrected chi connectivity index (χ0v) is 29.1. The molecule has 5 aromatic rings. The molecule has 5 rings (SSSR count). The Kier molecular flexibility index (Phi) is 8.98. The summed E-state index contributed by atoms with van der Waals surface area (Å²) < 4.78 is 1.44. The molecule has 0 aliphatic rings. The van der Waals surface area contributed by atoms with Crippen molar-refractivity contribution in [1.82, 2.24) is 0 Å². The average molecular weight is 709 g/mol. The van der Waals surface area contributed by atoms with Crippen LogP contribution in [0, 0.1) is 0 Å². The van der Waals surface area contributed by atoms with Crippen LogP contribution in [0.5, 0.6) is 0 Å². The fraction of sp³-hybridized carbons (Fsp3) is 0.200. The second-order valence-corrected chi connectivity index (χ2v) is 14.9. The van der Waals surface area contributed by atoms with Crippen LogP contribution in [0.15, 0.2) is 118 Å². The van der Waals surface area contributed by atoms with Crippen molar-refractivity contribution in [3.8, 4) is 22.3 Å². The second-order valence-electron chi connectivity index (χ2n) is 13.2. The third kappa shape index (κ3) is 6.57. The van der Waals surface area contributed by atoms with Gasteiger partial charge in [0, 0.05) is 31.2 Å². The SMILES string of the molecule is CC(C)(C)c1ccc(Br)c(C(=O)c2cc(C(=O)c3cc(C(C)(C)C)ccc3Br)c(-c3ccccc3)cc2-c2ccccc2)c1. The molecule has 0 amide bonds. The topological polar surface area (TPSA) is 34.1 Å². The molecule has 0 heterocycles. The van der Waals surface area contributed by atoms with Gasteiger partial charge in [-0.1, -0.05) is 146 Å². The van der Waals surface area contributed by atoms with E-state index in [2.05, 4.69) is 73.4 Å². The van der Waals surface area contributed by atoms with Gasteiger partial charge in [0.05, 0.1) is 0 Å². The number of carbonyl (C=O) groups is 2. The first-order valence-corrected chi connectivity index (χ1v) is 16.3. The minimum atomic E-state index is -0.141. The number of rotatable bonds is 6. The van der Waals surface area contributed by atoms with Crippen molar-refractivity contribution in [3.63, 3.8) is 0 Å². The molecule has 0 atom stereocenters. The van der Waals surface area contributed by atoms with Crippen LogP contribution in [0.25, 0.3) is 22.3 Å². The van der Waals surface area contributed by atoms with Gasteiger partial charge in [-0.15, -0.1) is 0 Å². The maximum absolute atomic E-state index is 14.6. The molecular formula is C40H36Br2O2. The molecule has 222 valence electrons. The molecule has 0 saturated heterocycles. The van der Waals surface area contributed by atoms with Gasteiger partial charge in [0.2, 0.25) is 0 Å². The largest absolute Gasteiger partial charge is 0.289 e. The summed E-state index contributed by atoms with van der Waals surface area (Å²) in [6.07, 6.45) is 0. The summed E-state index contributed by atoms with van der Waals surface area (Å²) in [7, 11) is 0. The molecular weight excluding hydrogens is 672 g/mol. The van der Waals surface area contributed by atoms with E-state index in [0.29, 0.717) is 22.3 Å². The summed E-state index contributed by atoms with van der Waals surface area (Å²) in [4.78, 5) is 29.2. The van der Waals surface area contributed by atoms with E-state index >= 15 is 0 Å². The van der Waals surface area contributed by atoms with Crippen LogP contribution < -0.4 is 0 Å². The van der Waals surface area contributed by atoms with Gasteiger partial charge in [-0.25, -0.2) is 0 Å². The number of hydrogen-bond acceptors (Lipinski definition) is 2. The quantitative estimate of drug-likeness (QED) is 0.165. The predicted molar refractivity (Wildman–Crippen MR) is 190 cm³/mol. The van der Waals surface area contributed by atoms with E-state index in [4.69, 9.17) is 0 Å². The van der Waals surface area contributed by atoms with Crippen molar-refractivity contribution >= 4 is 43.4 Å². The standard InChI is InChI=1S/C40H36Br2O2/c1-39(2,3)27-17-19-35(41)33(21-27)37(43)31-24-32(38(44)34-22-28(40(4,5)6)18-20-36(34)42)30(26-15-11-8-12-16-26)23-29(31)25-13-9-7-10-14-25/h7-24H,1-6H3. The highest BCUT2D eigenvalue weighted by atomic mass is 79.9. The third-order valence-corrected chi connectivity index (χ3v) is 9.35. The van der Waals surface area contributed by atoms with Crippen LogP contribution in [0.2, 0.25) is 0 Å². The fourth-order valence-electron chi connectivity index (χ4n) is 5.31. The van der Waals surface area contributed by atoms with Crippen molar-refractivity contribution in [3.05, 3.63) is 152 Å². The Balaban J connectivity index is 1.82. The Morgan fingerprint density at radius 1 is 0.455 bits per heavy atom.